The van der Waals surface area contributed by atoms with E-state index < -0.39 is 4.92 Å². The molecule has 1 atom stereocenters. The summed E-state index contributed by atoms with van der Waals surface area (Å²) in [5.74, 6) is 1.13. The van der Waals surface area contributed by atoms with Crippen molar-refractivity contribution in [2.45, 2.75) is 18.9 Å². The first-order valence-corrected chi connectivity index (χ1v) is 9.76. The molecule has 0 aliphatic carbocycles. The summed E-state index contributed by atoms with van der Waals surface area (Å²) in [5, 5.41) is 14.1. The largest absolute Gasteiger partial charge is 0.486 e. The molecule has 9 heteroatoms. The van der Waals surface area contributed by atoms with Gasteiger partial charge < -0.3 is 14.8 Å². The number of likely N-dealkylation sites (tertiary alicyclic amines) is 1. The van der Waals surface area contributed by atoms with Crippen LogP contribution in [0.5, 0.6) is 11.5 Å². The summed E-state index contributed by atoms with van der Waals surface area (Å²) in [6.07, 6.45) is 1.88. The highest BCUT2D eigenvalue weighted by molar-refractivity contribution is 6.31. The van der Waals surface area contributed by atoms with Crippen molar-refractivity contribution in [1.29, 1.82) is 0 Å². The molecule has 0 saturated carbocycles. The summed E-state index contributed by atoms with van der Waals surface area (Å²) >= 11 is 5.93. The number of carbonyl (C=O) groups excluding carboxylic acids is 1. The second kappa shape index (κ2) is 8.26. The van der Waals surface area contributed by atoms with Gasteiger partial charge in [-0.05, 0) is 49.2 Å². The van der Waals surface area contributed by atoms with Crippen LogP contribution in [-0.2, 0) is 4.79 Å². The lowest BCUT2D eigenvalue weighted by molar-refractivity contribution is -0.383. The van der Waals surface area contributed by atoms with Crippen LogP contribution >= 0.6 is 11.6 Å². The lowest BCUT2D eigenvalue weighted by atomic mass is 10.0. The first-order chi connectivity index (χ1) is 14.0. The van der Waals surface area contributed by atoms with Gasteiger partial charge in [0.2, 0.25) is 5.91 Å². The number of halogens is 1. The summed E-state index contributed by atoms with van der Waals surface area (Å²) in [6, 6.07) is 10.0. The maximum atomic E-state index is 12.6. The number of nitro groups is 1. The molecule has 2 heterocycles. The quantitative estimate of drug-likeness (QED) is 0.587. The molecule has 2 aliphatic rings. The zero-order chi connectivity index (χ0) is 20.4. The number of benzene rings is 2. The van der Waals surface area contributed by atoms with Gasteiger partial charge in [0.1, 0.15) is 18.9 Å². The SMILES string of the molecule is O=C(CN1CCC[C@@H]1c1ccc2c(c1)OCCO2)Nc1cc(Cl)ccc1[N+](=O)[O-]. The molecule has 1 saturated heterocycles. The number of hydrogen-bond acceptors (Lipinski definition) is 6. The molecule has 0 unspecified atom stereocenters. The zero-order valence-corrected chi connectivity index (χ0v) is 16.4. The molecule has 1 N–H and O–H groups in total. The van der Waals surface area contributed by atoms with Gasteiger partial charge in [-0.25, -0.2) is 0 Å². The number of hydrogen-bond donors (Lipinski definition) is 1. The smallest absolute Gasteiger partial charge is 0.292 e. The molecule has 29 heavy (non-hydrogen) atoms. The molecule has 152 valence electrons. The highest BCUT2D eigenvalue weighted by Gasteiger charge is 2.29. The minimum Gasteiger partial charge on any atom is -0.486 e. The second-order valence-corrected chi connectivity index (χ2v) is 7.43. The molecule has 0 radical (unpaired) electrons. The predicted octanol–water partition coefficient (Wildman–Crippen LogP) is 3.80. The predicted molar refractivity (Wildman–Crippen MR) is 108 cm³/mol. The fourth-order valence-electron chi connectivity index (χ4n) is 3.80. The van der Waals surface area contributed by atoms with Crippen LogP contribution in [-0.4, -0.2) is 42.0 Å². The van der Waals surface area contributed by atoms with Gasteiger partial charge in [-0.1, -0.05) is 17.7 Å². The van der Waals surface area contributed by atoms with Gasteiger partial charge in [0, 0.05) is 17.1 Å². The number of carbonyl (C=O) groups is 1. The number of anilines is 1. The third-order valence-electron chi connectivity index (χ3n) is 5.09. The topological polar surface area (TPSA) is 93.9 Å². The first-order valence-electron chi connectivity index (χ1n) is 9.38. The van der Waals surface area contributed by atoms with Gasteiger partial charge in [-0.2, -0.15) is 0 Å². The third-order valence-corrected chi connectivity index (χ3v) is 5.33. The zero-order valence-electron chi connectivity index (χ0n) is 15.6. The first kappa shape index (κ1) is 19.5. The molecule has 1 amide bonds. The van der Waals surface area contributed by atoms with Crippen LogP contribution in [0.25, 0.3) is 0 Å². The Labute approximate surface area is 172 Å². The van der Waals surface area contributed by atoms with E-state index in [0.717, 1.165) is 36.4 Å². The molecule has 1 fully saturated rings. The number of nitrogens with zero attached hydrogens (tertiary/aromatic N) is 2. The lowest BCUT2D eigenvalue weighted by Crippen LogP contribution is -2.33. The highest BCUT2D eigenvalue weighted by atomic mass is 35.5. The maximum Gasteiger partial charge on any atom is 0.292 e. The Hall–Kier alpha value is -2.84. The summed E-state index contributed by atoms with van der Waals surface area (Å²) in [7, 11) is 0. The minimum atomic E-state index is -0.542. The van der Waals surface area contributed by atoms with Crippen LogP contribution in [0.2, 0.25) is 5.02 Å². The summed E-state index contributed by atoms with van der Waals surface area (Å²) in [5.41, 5.74) is 0.975. The Morgan fingerprint density at radius 2 is 2.00 bits per heavy atom. The average Bonchev–Trinajstić information content (AvgIpc) is 3.15. The normalized spacial score (nSPS) is 18.4. The Balaban J connectivity index is 1.47. The number of nitrogens with one attached hydrogen (secondary N) is 1. The van der Waals surface area contributed by atoms with E-state index in [1.807, 2.05) is 18.2 Å². The van der Waals surface area contributed by atoms with Crippen molar-refractivity contribution >= 4 is 28.9 Å². The van der Waals surface area contributed by atoms with Crippen LogP contribution in [0, 0.1) is 10.1 Å². The Kier molecular flexibility index (Phi) is 5.55. The molecule has 2 aromatic carbocycles. The highest BCUT2D eigenvalue weighted by Crippen LogP contribution is 2.38. The average molecular weight is 418 g/mol. The Morgan fingerprint density at radius 3 is 2.79 bits per heavy atom. The minimum absolute atomic E-state index is 0.0749. The van der Waals surface area contributed by atoms with E-state index in [2.05, 4.69) is 10.2 Å². The van der Waals surface area contributed by atoms with Crippen LogP contribution in [0.15, 0.2) is 36.4 Å². The van der Waals surface area contributed by atoms with E-state index in [1.54, 1.807) is 0 Å². The summed E-state index contributed by atoms with van der Waals surface area (Å²) in [6.45, 7) is 1.95. The number of rotatable bonds is 5. The monoisotopic (exact) mass is 417 g/mol. The van der Waals surface area contributed by atoms with E-state index in [4.69, 9.17) is 21.1 Å². The Morgan fingerprint density at radius 1 is 1.21 bits per heavy atom. The van der Waals surface area contributed by atoms with E-state index in [0.29, 0.717) is 18.2 Å². The number of amides is 1. The van der Waals surface area contributed by atoms with Gasteiger partial charge >= 0.3 is 0 Å². The van der Waals surface area contributed by atoms with Gasteiger partial charge in [0.15, 0.2) is 11.5 Å². The molecular formula is C20H20ClN3O5. The van der Waals surface area contributed by atoms with Crippen molar-refractivity contribution in [1.82, 2.24) is 4.90 Å². The van der Waals surface area contributed by atoms with Crippen molar-refractivity contribution < 1.29 is 19.2 Å². The third kappa shape index (κ3) is 4.28. The number of fused-ring (bicyclic) bond motifs is 1. The second-order valence-electron chi connectivity index (χ2n) is 7.00. The fraction of sp³-hybridized carbons (Fsp3) is 0.350. The molecule has 0 spiro atoms. The van der Waals surface area contributed by atoms with E-state index in [9.17, 15) is 14.9 Å². The van der Waals surface area contributed by atoms with Gasteiger partial charge in [0.25, 0.3) is 5.69 Å². The summed E-state index contributed by atoms with van der Waals surface area (Å²) in [4.78, 5) is 25.3. The lowest BCUT2D eigenvalue weighted by Gasteiger charge is -2.26. The molecule has 4 rings (SSSR count). The van der Waals surface area contributed by atoms with Gasteiger partial charge in [0.05, 0.1) is 11.5 Å². The van der Waals surface area contributed by atoms with Crippen LogP contribution in [0.1, 0.15) is 24.4 Å². The van der Waals surface area contributed by atoms with Crippen molar-refractivity contribution in [2.75, 3.05) is 31.6 Å². The van der Waals surface area contributed by atoms with Gasteiger partial charge in [-0.15, -0.1) is 0 Å². The maximum absolute atomic E-state index is 12.6. The van der Waals surface area contributed by atoms with Crippen molar-refractivity contribution in [3.05, 3.63) is 57.1 Å². The molecule has 2 aliphatic heterocycles. The standard InChI is InChI=1S/C20H20ClN3O5/c21-14-4-5-17(24(26)27)15(11-14)22-20(25)12-23-7-1-2-16(23)13-3-6-18-19(10-13)29-9-8-28-18/h3-6,10-11,16H,1-2,7-9,12H2,(H,22,25)/t16-/m1/s1. The summed E-state index contributed by atoms with van der Waals surface area (Å²) < 4.78 is 11.2. The van der Waals surface area contributed by atoms with Crippen molar-refractivity contribution in [2.24, 2.45) is 0 Å². The van der Waals surface area contributed by atoms with E-state index in [1.165, 1.54) is 18.2 Å². The van der Waals surface area contributed by atoms with Crippen LogP contribution in [0.4, 0.5) is 11.4 Å². The van der Waals surface area contributed by atoms with Crippen LogP contribution in [0.3, 0.4) is 0 Å². The van der Waals surface area contributed by atoms with Crippen molar-refractivity contribution in [3.63, 3.8) is 0 Å². The molecular weight excluding hydrogens is 398 g/mol. The number of nitro benzene ring substituents is 1. The molecule has 2 aromatic rings. The van der Waals surface area contributed by atoms with Gasteiger partial charge in [-0.3, -0.25) is 19.8 Å². The van der Waals surface area contributed by atoms with E-state index in [-0.39, 0.29) is 29.9 Å². The Bertz CT molecular complexity index is 952. The van der Waals surface area contributed by atoms with Crippen molar-refractivity contribution in [3.8, 4) is 11.5 Å². The molecule has 0 bridgehead atoms. The fourth-order valence-corrected chi connectivity index (χ4v) is 3.97. The van der Waals surface area contributed by atoms with E-state index >= 15 is 0 Å². The molecule has 0 aromatic heterocycles. The number of ether oxygens (including phenoxy) is 2. The van der Waals surface area contributed by atoms with Crippen LogP contribution < -0.4 is 14.8 Å². The molecule has 8 nitrogen and oxygen atoms in total.